The fourth-order valence-electron chi connectivity index (χ4n) is 4.33. The number of nitrogens with zero attached hydrogens (tertiary/aromatic N) is 1. The molecule has 25 heavy (non-hydrogen) atoms. The molecule has 1 unspecified atom stereocenters. The van der Waals surface area contributed by atoms with Gasteiger partial charge in [0.15, 0.2) is 0 Å². The van der Waals surface area contributed by atoms with Crippen LogP contribution in [0.3, 0.4) is 0 Å². The average molecular weight is 457 g/mol. The van der Waals surface area contributed by atoms with Crippen molar-refractivity contribution in [2.75, 3.05) is 27.2 Å². The number of piperidine rings is 1. The summed E-state index contributed by atoms with van der Waals surface area (Å²) in [5, 5.41) is 0. The highest BCUT2D eigenvalue weighted by molar-refractivity contribution is 5.78. The molecule has 0 amide bonds. The monoisotopic (exact) mass is 457 g/mol. The minimum atomic E-state index is -0.0732. The SMILES string of the molecule is C[N+]1(C)CCC(OC(=O)C(c2ccccc2)C2CCCCC2)CC1.[I-]. The average Bonchev–Trinajstić information content (AvgIpc) is 2.59. The van der Waals surface area contributed by atoms with Crippen LogP contribution in [-0.4, -0.2) is 43.7 Å². The first-order valence-electron chi connectivity index (χ1n) is 9.63. The highest BCUT2D eigenvalue weighted by atomic mass is 127. The van der Waals surface area contributed by atoms with Crippen LogP contribution in [0.1, 0.15) is 56.4 Å². The maximum atomic E-state index is 13.0. The first kappa shape index (κ1) is 20.7. The summed E-state index contributed by atoms with van der Waals surface area (Å²) in [6.07, 6.45) is 8.20. The zero-order chi connectivity index (χ0) is 17.0. The zero-order valence-electron chi connectivity index (χ0n) is 15.6. The van der Waals surface area contributed by atoms with Gasteiger partial charge in [0, 0.05) is 12.8 Å². The number of hydrogen-bond donors (Lipinski definition) is 0. The minimum absolute atomic E-state index is 0. The summed E-state index contributed by atoms with van der Waals surface area (Å²) < 4.78 is 7.05. The third-order valence-electron chi connectivity index (χ3n) is 5.93. The van der Waals surface area contributed by atoms with Crippen LogP contribution < -0.4 is 24.0 Å². The Balaban J connectivity index is 0.00000225. The van der Waals surface area contributed by atoms with Crippen LogP contribution in [0, 0.1) is 5.92 Å². The Bertz CT molecular complexity index is 530. The second-order valence-electron chi connectivity index (χ2n) is 8.31. The standard InChI is InChI=1S/C21H32NO2.HI/c1-22(2)15-13-19(14-16-22)24-21(23)20(17-9-5-3-6-10-17)18-11-7-4-8-12-18;/h3,5-6,9-10,18-20H,4,7-8,11-16H2,1-2H3;1H/q+1;/p-1. The lowest BCUT2D eigenvalue weighted by molar-refractivity contribution is -0.896. The van der Waals surface area contributed by atoms with Crippen LogP contribution in [0.15, 0.2) is 30.3 Å². The molecule has 1 saturated heterocycles. The largest absolute Gasteiger partial charge is 1.00 e. The molecule has 1 aliphatic carbocycles. The van der Waals surface area contributed by atoms with Crippen molar-refractivity contribution in [2.45, 2.75) is 57.0 Å². The summed E-state index contributed by atoms with van der Waals surface area (Å²) in [5.74, 6) is 0.394. The van der Waals surface area contributed by atoms with E-state index >= 15 is 0 Å². The number of ether oxygens (including phenoxy) is 1. The topological polar surface area (TPSA) is 26.3 Å². The lowest BCUT2D eigenvalue weighted by atomic mass is 9.77. The number of quaternary nitrogens is 1. The van der Waals surface area contributed by atoms with Crippen molar-refractivity contribution in [3.8, 4) is 0 Å². The number of carbonyl (C=O) groups is 1. The first-order chi connectivity index (χ1) is 11.6. The van der Waals surface area contributed by atoms with E-state index in [1.54, 1.807) is 0 Å². The molecule has 0 N–H and O–H groups in total. The molecule has 0 bridgehead atoms. The summed E-state index contributed by atoms with van der Waals surface area (Å²) >= 11 is 0. The van der Waals surface area contributed by atoms with Gasteiger partial charge in [0.2, 0.25) is 0 Å². The van der Waals surface area contributed by atoms with Gasteiger partial charge in [-0.2, -0.15) is 0 Å². The Hall–Kier alpha value is -0.620. The number of rotatable bonds is 4. The van der Waals surface area contributed by atoms with Gasteiger partial charge >= 0.3 is 5.97 Å². The first-order valence-corrected chi connectivity index (χ1v) is 9.63. The summed E-state index contributed by atoms with van der Waals surface area (Å²) in [7, 11) is 4.51. The molecule has 1 aliphatic heterocycles. The molecule has 1 aromatic rings. The maximum absolute atomic E-state index is 13.0. The Kier molecular flexibility index (Phi) is 7.74. The molecule has 140 valence electrons. The van der Waals surface area contributed by atoms with Gasteiger partial charge in [-0.3, -0.25) is 4.79 Å². The molecular weight excluding hydrogens is 425 g/mol. The molecule has 4 heteroatoms. The van der Waals surface area contributed by atoms with Crippen LogP contribution >= 0.6 is 0 Å². The second-order valence-corrected chi connectivity index (χ2v) is 8.31. The highest BCUT2D eigenvalue weighted by Crippen LogP contribution is 2.37. The van der Waals surface area contributed by atoms with Crippen LogP contribution in [0.25, 0.3) is 0 Å². The van der Waals surface area contributed by atoms with Gasteiger partial charge in [0.05, 0.1) is 33.1 Å². The molecule has 2 fully saturated rings. The Morgan fingerprint density at radius 1 is 1.00 bits per heavy atom. The molecule has 1 saturated carbocycles. The molecule has 3 rings (SSSR count). The van der Waals surface area contributed by atoms with Crippen LogP contribution in [0.2, 0.25) is 0 Å². The van der Waals surface area contributed by atoms with Crippen molar-refractivity contribution in [3.63, 3.8) is 0 Å². The van der Waals surface area contributed by atoms with E-state index in [2.05, 4.69) is 26.2 Å². The van der Waals surface area contributed by atoms with Gasteiger partial charge in [-0.05, 0) is 24.3 Å². The van der Waals surface area contributed by atoms with Crippen molar-refractivity contribution >= 4 is 5.97 Å². The van der Waals surface area contributed by atoms with Crippen molar-refractivity contribution in [2.24, 2.45) is 5.92 Å². The van der Waals surface area contributed by atoms with E-state index in [1.807, 2.05) is 18.2 Å². The van der Waals surface area contributed by atoms with Gasteiger partial charge in [0.1, 0.15) is 6.10 Å². The molecule has 1 atom stereocenters. The van der Waals surface area contributed by atoms with Gasteiger partial charge < -0.3 is 33.2 Å². The Morgan fingerprint density at radius 2 is 1.60 bits per heavy atom. The number of esters is 1. The molecule has 0 aromatic heterocycles. The third-order valence-corrected chi connectivity index (χ3v) is 5.93. The van der Waals surface area contributed by atoms with E-state index in [0.29, 0.717) is 5.92 Å². The van der Waals surface area contributed by atoms with Crippen LogP contribution in [0.4, 0.5) is 0 Å². The van der Waals surface area contributed by atoms with E-state index in [1.165, 1.54) is 19.3 Å². The van der Waals surface area contributed by atoms with Crippen molar-refractivity contribution in [1.82, 2.24) is 0 Å². The molecular formula is C21H32INO2. The van der Waals surface area contributed by atoms with Crippen molar-refractivity contribution < 1.29 is 38.0 Å². The minimum Gasteiger partial charge on any atom is -1.00 e. The normalized spacial score (nSPS) is 22.6. The fourth-order valence-corrected chi connectivity index (χ4v) is 4.33. The molecule has 0 radical (unpaired) electrons. The quantitative estimate of drug-likeness (QED) is 0.385. The van der Waals surface area contributed by atoms with E-state index in [9.17, 15) is 4.79 Å². The summed E-state index contributed by atoms with van der Waals surface area (Å²) in [6, 6.07) is 10.3. The highest BCUT2D eigenvalue weighted by Gasteiger charge is 2.35. The number of halogens is 1. The van der Waals surface area contributed by atoms with Gasteiger partial charge in [0.25, 0.3) is 0 Å². The van der Waals surface area contributed by atoms with E-state index in [4.69, 9.17) is 4.74 Å². The molecule has 0 spiro atoms. The van der Waals surface area contributed by atoms with Gasteiger partial charge in [-0.1, -0.05) is 49.6 Å². The Morgan fingerprint density at radius 3 is 2.20 bits per heavy atom. The smallest absolute Gasteiger partial charge is 0.313 e. The summed E-state index contributed by atoms with van der Waals surface area (Å²) in [6.45, 7) is 2.19. The Labute approximate surface area is 169 Å². The zero-order valence-corrected chi connectivity index (χ0v) is 17.8. The number of benzene rings is 1. The second kappa shape index (κ2) is 9.36. The molecule has 3 nitrogen and oxygen atoms in total. The molecule has 2 aliphatic rings. The van der Waals surface area contributed by atoms with E-state index in [-0.39, 0.29) is 42.0 Å². The summed E-state index contributed by atoms with van der Waals surface area (Å²) in [4.78, 5) is 13.0. The lowest BCUT2D eigenvalue weighted by Crippen LogP contribution is -3.00. The lowest BCUT2D eigenvalue weighted by Gasteiger charge is -2.37. The van der Waals surface area contributed by atoms with Crippen LogP contribution in [-0.2, 0) is 9.53 Å². The maximum Gasteiger partial charge on any atom is 0.313 e. The van der Waals surface area contributed by atoms with Crippen LogP contribution in [0.5, 0.6) is 0 Å². The molecule has 1 aromatic carbocycles. The van der Waals surface area contributed by atoms with Crippen molar-refractivity contribution in [3.05, 3.63) is 35.9 Å². The molecule has 1 heterocycles. The van der Waals surface area contributed by atoms with E-state index in [0.717, 1.165) is 48.8 Å². The fraction of sp³-hybridized carbons (Fsp3) is 0.667. The predicted octanol–water partition coefficient (Wildman–Crippen LogP) is 1.14. The number of carbonyl (C=O) groups excluding carboxylic acids is 1. The van der Waals surface area contributed by atoms with Gasteiger partial charge in [-0.25, -0.2) is 0 Å². The predicted molar refractivity (Wildman–Crippen MR) is 96.7 cm³/mol. The summed E-state index contributed by atoms with van der Waals surface area (Å²) in [5.41, 5.74) is 1.14. The van der Waals surface area contributed by atoms with E-state index < -0.39 is 0 Å². The van der Waals surface area contributed by atoms with Crippen molar-refractivity contribution in [1.29, 1.82) is 0 Å². The van der Waals surface area contributed by atoms with Gasteiger partial charge in [-0.15, -0.1) is 0 Å². The third kappa shape index (κ3) is 5.68. The number of likely N-dealkylation sites (tertiary alicyclic amines) is 1. The number of hydrogen-bond acceptors (Lipinski definition) is 2.